The molecule has 0 aliphatic rings. The lowest BCUT2D eigenvalue weighted by molar-refractivity contribution is 1.03. The van der Waals surface area contributed by atoms with Crippen LogP contribution in [0.3, 0.4) is 0 Å². The number of nitriles is 2. The van der Waals surface area contributed by atoms with Gasteiger partial charge in [0.05, 0.1) is 24.0 Å². The zero-order valence-corrected chi connectivity index (χ0v) is 17.6. The minimum atomic E-state index is 0.462. The number of benzene rings is 2. The molecule has 2 aromatic heterocycles. The molecule has 1 N–H and O–H groups in total. The van der Waals surface area contributed by atoms with E-state index in [0.29, 0.717) is 17.1 Å². The van der Waals surface area contributed by atoms with E-state index < -0.39 is 0 Å². The van der Waals surface area contributed by atoms with Gasteiger partial charge in [0.25, 0.3) is 0 Å². The van der Waals surface area contributed by atoms with Gasteiger partial charge in [0.1, 0.15) is 11.8 Å². The fourth-order valence-electron chi connectivity index (χ4n) is 3.57. The van der Waals surface area contributed by atoms with Crippen molar-refractivity contribution in [1.29, 1.82) is 10.5 Å². The summed E-state index contributed by atoms with van der Waals surface area (Å²) >= 11 is 0. The maximum absolute atomic E-state index is 8.79. The number of imidazole rings is 1. The predicted octanol–water partition coefficient (Wildman–Crippen LogP) is 5.25. The first-order valence-electron chi connectivity index (χ1n) is 9.90. The van der Waals surface area contributed by atoms with Gasteiger partial charge in [-0.1, -0.05) is 12.1 Å². The zero-order valence-electron chi connectivity index (χ0n) is 17.6. The molecule has 0 spiro atoms. The third kappa shape index (κ3) is 4.23. The van der Waals surface area contributed by atoms with Gasteiger partial charge in [-0.3, -0.25) is 4.57 Å². The van der Waals surface area contributed by atoms with Gasteiger partial charge >= 0.3 is 0 Å². The van der Waals surface area contributed by atoms with Crippen molar-refractivity contribution in [3.63, 3.8) is 0 Å². The Kier molecular flexibility index (Phi) is 5.74. The Hall–Kier alpha value is -4.75. The van der Waals surface area contributed by atoms with Gasteiger partial charge in [0.2, 0.25) is 5.95 Å². The van der Waals surface area contributed by atoms with Gasteiger partial charge < -0.3 is 5.32 Å². The molecule has 4 aromatic rings. The van der Waals surface area contributed by atoms with Crippen LogP contribution >= 0.6 is 0 Å². The molecule has 4 rings (SSSR count). The van der Waals surface area contributed by atoms with Crippen LogP contribution in [0.2, 0.25) is 0 Å². The number of anilines is 2. The molecule has 7 nitrogen and oxygen atoms in total. The third-order valence-corrected chi connectivity index (χ3v) is 4.91. The van der Waals surface area contributed by atoms with Gasteiger partial charge in [-0.05, 0) is 72.5 Å². The van der Waals surface area contributed by atoms with E-state index in [4.69, 9.17) is 15.5 Å². The summed E-state index contributed by atoms with van der Waals surface area (Å²) in [4.78, 5) is 13.5. The summed E-state index contributed by atoms with van der Waals surface area (Å²) in [5, 5.41) is 20.6. The van der Waals surface area contributed by atoms with Crippen molar-refractivity contribution in [2.24, 2.45) is 0 Å². The number of rotatable bonds is 5. The van der Waals surface area contributed by atoms with Crippen LogP contribution in [-0.4, -0.2) is 19.5 Å². The maximum atomic E-state index is 8.79. The molecule has 154 valence electrons. The molecule has 32 heavy (non-hydrogen) atoms. The Labute approximate surface area is 185 Å². The maximum Gasteiger partial charge on any atom is 0.229 e. The van der Waals surface area contributed by atoms with Crippen LogP contribution in [-0.2, 0) is 0 Å². The lowest BCUT2D eigenvalue weighted by atomic mass is 10.0. The molecule has 0 aliphatic carbocycles. The van der Waals surface area contributed by atoms with Gasteiger partial charge in [0, 0.05) is 17.8 Å². The average Bonchev–Trinajstić information content (AvgIpc) is 3.20. The molecular formula is C25H19N7. The van der Waals surface area contributed by atoms with E-state index in [1.54, 1.807) is 24.7 Å². The highest BCUT2D eigenvalue weighted by atomic mass is 15.2. The number of fused-ring (bicyclic) bond motifs is 1. The first-order chi connectivity index (χ1) is 15.6. The highest BCUT2D eigenvalue weighted by Crippen LogP contribution is 2.26. The SMILES string of the molecule is Cc1cc(/C=C/C#N)cc(C)c1-n1cnc2cnc(Nc3ccc(/C=C/C#N)cc3)nc21. The summed E-state index contributed by atoms with van der Waals surface area (Å²) in [5.74, 6) is 0.462. The Morgan fingerprint density at radius 2 is 1.56 bits per heavy atom. The molecule has 7 heteroatoms. The second kappa shape index (κ2) is 8.95. The van der Waals surface area contributed by atoms with Gasteiger partial charge in [-0.2, -0.15) is 15.5 Å². The Bertz CT molecular complexity index is 1410. The van der Waals surface area contributed by atoms with Crippen molar-refractivity contribution < 1.29 is 0 Å². The molecule has 0 saturated heterocycles. The molecule has 0 aliphatic heterocycles. The normalized spacial score (nSPS) is 11.1. The smallest absolute Gasteiger partial charge is 0.229 e. The summed E-state index contributed by atoms with van der Waals surface area (Å²) < 4.78 is 1.96. The molecule has 0 amide bonds. The van der Waals surface area contributed by atoms with E-state index in [0.717, 1.165) is 33.6 Å². The van der Waals surface area contributed by atoms with Crippen LogP contribution < -0.4 is 5.32 Å². The molecule has 2 aromatic carbocycles. The molecule has 0 fully saturated rings. The largest absolute Gasteiger partial charge is 0.324 e. The van der Waals surface area contributed by atoms with Crippen molar-refractivity contribution in [3.05, 3.63) is 83.3 Å². The van der Waals surface area contributed by atoms with Crippen molar-refractivity contribution in [3.8, 4) is 17.8 Å². The predicted molar refractivity (Wildman–Crippen MR) is 125 cm³/mol. The topological polar surface area (TPSA) is 103 Å². The second-order valence-corrected chi connectivity index (χ2v) is 7.19. The second-order valence-electron chi connectivity index (χ2n) is 7.19. The highest BCUT2D eigenvalue weighted by Gasteiger charge is 2.13. The zero-order chi connectivity index (χ0) is 22.5. The van der Waals surface area contributed by atoms with Crippen LogP contribution in [0.15, 0.2) is 61.1 Å². The first-order valence-corrected chi connectivity index (χ1v) is 9.90. The number of hydrogen-bond acceptors (Lipinski definition) is 6. The van der Waals surface area contributed by atoms with Crippen molar-refractivity contribution in [2.75, 3.05) is 5.32 Å². The van der Waals surface area contributed by atoms with E-state index in [9.17, 15) is 0 Å². The minimum Gasteiger partial charge on any atom is -0.324 e. The molecule has 0 bridgehead atoms. The number of hydrogen-bond donors (Lipinski definition) is 1. The van der Waals surface area contributed by atoms with E-state index >= 15 is 0 Å². The molecule has 0 atom stereocenters. The molecule has 0 radical (unpaired) electrons. The number of nitrogens with zero attached hydrogens (tertiary/aromatic N) is 6. The van der Waals surface area contributed by atoms with E-state index in [-0.39, 0.29) is 0 Å². The minimum absolute atomic E-state index is 0.462. The van der Waals surface area contributed by atoms with Crippen molar-refractivity contribution >= 4 is 35.0 Å². The fraction of sp³-hybridized carbons (Fsp3) is 0.0800. The highest BCUT2D eigenvalue weighted by molar-refractivity contribution is 5.75. The van der Waals surface area contributed by atoms with E-state index in [2.05, 4.69) is 15.3 Å². The quantitative estimate of drug-likeness (QED) is 0.445. The van der Waals surface area contributed by atoms with Crippen LogP contribution in [0.4, 0.5) is 11.6 Å². The van der Waals surface area contributed by atoms with Crippen LogP contribution in [0.5, 0.6) is 0 Å². The van der Waals surface area contributed by atoms with Crippen LogP contribution in [0, 0.1) is 36.5 Å². The van der Waals surface area contributed by atoms with Crippen LogP contribution in [0.1, 0.15) is 22.3 Å². The number of allylic oxidation sites excluding steroid dienone is 2. The lowest BCUT2D eigenvalue weighted by Gasteiger charge is -2.13. The summed E-state index contributed by atoms with van der Waals surface area (Å²) in [6.07, 6.45) is 9.90. The fourth-order valence-corrected chi connectivity index (χ4v) is 3.57. The summed E-state index contributed by atoms with van der Waals surface area (Å²) in [7, 11) is 0. The standard InChI is InChI=1S/C25H19N7/c1-17-13-20(6-4-12-27)14-18(2)23(17)32-16-29-22-15-28-25(31-24(22)32)30-21-9-7-19(8-10-21)5-3-11-26/h3-10,13-16H,1-2H3,(H,28,30,31)/b5-3+,6-4+. The Morgan fingerprint density at radius 3 is 2.22 bits per heavy atom. The average molecular weight is 417 g/mol. The summed E-state index contributed by atoms with van der Waals surface area (Å²) in [6, 6.07) is 15.7. The molecule has 2 heterocycles. The number of aryl methyl sites for hydroxylation is 2. The molecule has 0 unspecified atom stereocenters. The van der Waals surface area contributed by atoms with Crippen molar-refractivity contribution in [2.45, 2.75) is 13.8 Å². The lowest BCUT2D eigenvalue weighted by Crippen LogP contribution is -2.03. The van der Waals surface area contributed by atoms with Gasteiger partial charge in [0.15, 0.2) is 5.65 Å². The van der Waals surface area contributed by atoms with Crippen LogP contribution in [0.25, 0.3) is 29.0 Å². The van der Waals surface area contributed by atoms with Crippen molar-refractivity contribution in [1.82, 2.24) is 19.5 Å². The third-order valence-electron chi connectivity index (χ3n) is 4.91. The van der Waals surface area contributed by atoms with E-state index in [1.807, 2.05) is 67.0 Å². The molecular weight excluding hydrogens is 398 g/mol. The Balaban J connectivity index is 1.68. The number of nitrogens with one attached hydrogen (secondary N) is 1. The van der Waals surface area contributed by atoms with Gasteiger partial charge in [-0.15, -0.1) is 0 Å². The van der Waals surface area contributed by atoms with Gasteiger partial charge in [-0.25, -0.2) is 9.97 Å². The van der Waals surface area contributed by atoms with E-state index in [1.165, 1.54) is 12.2 Å². The summed E-state index contributed by atoms with van der Waals surface area (Å²) in [6.45, 7) is 4.06. The first kappa shape index (κ1) is 20.5. The summed E-state index contributed by atoms with van der Waals surface area (Å²) in [5.41, 5.74) is 7.24. The monoisotopic (exact) mass is 417 g/mol. The molecule has 0 saturated carbocycles. The number of aromatic nitrogens is 4. The Morgan fingerprint density at radius 1 is 0.906 bits per heavy atom.